The molecule has 0 aromatic heterocycles. The van der Waals surface area contributed by atoms with Crippen molar-refractivity contribution in [2.45, 2.75) is 40.0 Å². The van der Waals surface area contributed by atoms with E-state index in [2.05, 4.69) is 24.1 Å². The molecule has 0 bridgehead atoms. The van der Waals surface area contributed by atoms with E-state index in [1.807, 2.05) is 32.9 Å². The lowest BCUT2D eigenvalue weighted by Gasteiger charge is -2.22. The molecule has 4 nitrogen and oxygen atoms in total. The van der Waals surface area contributed by atoms with E-state index in [1.165, 1.54) is 0 Å². The highest BCUT2D eigenvalue weighted by Gasteiger charge is 2.22. The molecule has 0 spiro atoms. The molecule has 0 aliphatic rings. The molecular weight excluding hydrogens is 264 g/mol. The number of benzene rings is 1. The summed E-state index contributed by atoms with van der Waals surface area (Å²) in [6, 6.07) is 5.35. The average molecular weight is 292 g/mol. The number of likely N-dealkylation sites (N-methyl/N-ethyl adjacent to an activating group) is 1. The Morgan fingerprint density at radius 2 is 1.86 bits per heavy atom. The first-order valence-electron chi connectivity index (χ1n) is 7.64. The topological polar surface area (TPSA) is 52.6 Å². The highest BCUT2D eigenvalue weighted by Crippen LogP contribution is 2.32. The van der Waals surface area contributed by atoms with E-state index in [-0.39, 0.29) is 17.1 Å². The lowest BCUT2D eigenvalue weighted by molar-refractivity contribution is 0.0946. The van der Waals surface area contributed by atoms with Gasteiger partial charge in [-0.05, 0) is 24.6 Å². The Morgan fingerprint density at radius 3 is 2.38 bits per heavy atom. The van der Waals surface area contributed by atoms with Crippen molar-refractivity contribution < 1.29 is 9.90 Å². The second-order valence-corrected chi connectivity index (χ2v) is 6.23. The summed E-state index contributed by atoms with van der Waals surface area (Å²) in [4.78, 5) is 14.5. The van der Waals surface area contributed by atoms with Gasteiger partial charge in [-0.25, -0.2) is 0 Å². The van der Waals surface area contributed by atoms with Crippen LogP contribution in [0.5, 0.6) is 5.75 Å². The number of phenolic OH excluding ortho intramolecular Hbond substituents is 1. The quantitative estimate of drug-likeness (QED) is 0.847. The van der Waals surface area contributed by atoms with Gasteiger partial charge in [0.25, 0.3) is 5.91 Å². The predicted molar refractivity (Wildman–Crippen MR) is 86.9 cm³/mol. The van der Waals surface area contributed by atoms with E-state index in [0.29, 0.717) is 12.1 Å². The van der Waals surface area contributed by atoms with Gasteiger partial charge in [0.1, 0.15) is 5.75 Å². The van der Waals surface area contributed by atoms with E-state index >= 15 is 0 Å². The van der Waals surface area contributed by atoms with Gasteiger partial charge in [0.2, 0.25) is 0 Å². The molecule has 0 aliphatic carbocycles. The summed E-state index contributed by atoms with van der Waals surface area (Å²) in [6.07, 6.45) is 0. The first kappa shape index (κ1) is 17.5. The largest absolute Gasteiger partial charge is 0.507 e. The van der Waals surface area contributed by atoms with Crippen molar-refractivity contribution in [1.82, 2.24) is 10.2 Å². The van der Waals surface area contributed by atoms with Crippen molar-refractivity contribution in [3.05, 3.63) is 29.3 Å². The van der Waals surface area contributed by atoms with Crippen LogP contribution in [0.15, 0.2) is 18.2 Å². The fourth-order valence-electron chi connectivity index (χ4n) is 2.29. The molecule has 4 heteroatoms. The third kappa shape index (κ3) is 4.74. The number of carbonyl (C=O) groups excluding carboxylic acids is 1. The van der Waals surface area contributed by atoms with E-state index in [9.17, 15) is 9.90 Å². The smallest absolute Gasteiger partial charge is 0.255 e. The van der Waals surface area contributed by atoms with Gasteiger partial charge in [-0.3, -0.25) is 4.79 Å². The van der Waals surface area contributed by atoms with E-state index in [1.54, 1.807) is 6.07 Å². The molecule has 1 rings (SSSR count). The van der Waals surface area contributed by atoms with Gasteiger partial charge in [0.15, 0.2) is 0 Å². The summed E-state index contributed by atoms with van der Waals surface area (Å²) < 4.78 is 0. The number of hydrogen-bond acceptors (Lipinski definition) is 3. The van der Waals surface area contributed by atoms with Crippen LogP contribution in [0.25, 0.3) is 0 Å². The zero-order valence-electron chi connectivity index (χ0n) is 13.9. The maximum absolute atomic E-state index is 12.2. The van der Waals surface area contributed by atoms with Gasteiger partial charge in [0, 0.05) is 18.7 Å². The van der Waals surface area contributed by atoms with E-state index in [0.717, 1.165) is 25.2 Å². The fraction of sp³-hybridized carbons (Fsp3) is 0.588. The molecule has 2 N–H and O–H groups in total. The van der Waals surface area contributed by atoms with Crippen LogP contribution in [0.2, 0.25) is 0 Å². The number of carbonyl (C=O) groups is 1. The van der Waals surface area contributed by atoms with Crippen molar-refractivity contribution >= 4 is 5.91 Å². The minimum Gasteiger partial charge on any atom is -0.507 e. The van der Waals surface area contributed by atoms with Crippen LogP contribution < -0.4 is 5.32 Å². The molecule has 0 saturated heterocycles. The molecule has 0 atom stereocenters. The number of aromatic hydroxyl groups is 1. The molecule has 0 heterocycles. The van der Waals surface area contributed by atoms with Crippen LogP contribution >= 0.6 is 0 Å². The molecule has 118 valence electrons. The zero-order chi connectivity index (χ0) is 16.0. The number of rotatable bonds is 6. The van der Waals surface area contributed by atoms with Crippen LogP contribution in [-0.4, -0.2) is 42.1 Å². The van der Waals surface area contributed by atoms with Crippen molar-refractivity contribution in [2.24, 2.45) is 0 Å². The monoisotopic (exact) mass is 292 g/mol. The van der Waals surface area contributed by atoms with Crippen LogP contribution in [0, 0.1) is 0 Å². The van der Waals surface area contributed by atoms with Crippen molar-refractivity contribution in [3.8, 4) is 5.75 Å². The summed E-state index contributed by atoms with van der Waals surface area (Å²) >= 11 is 0. The Kier molecular flexibility index (Phi) is 6.21. The lowest BCUT2D eigenvalue weighted by Crippen LogP contribution is -2.34. The molecule has 0 fully saturated rings. The number of nitrogens with one attached hydrogen (secondary N) is 1. The van der Waals surface area contributed by atoms with Gasteiger partial charge >= 0.3 is 0 Å². The molecule has 1 amide bonds. The third-order valence-corrected chi connectivity index (χ3v) is 3.70. The van der Waals surface area contributed by atoms with Gasteiger partial charge in [0.05, 0.1) is 5.56 Å². The average Bonchev–Trinajstić information content (AvgIpc) is 2.42. The summed E-state index contributed by atoms with van der Waals surface area (Å²) in [5.41, 5.74) is 0.947. The number of phenols is 1. The van der Waals surface area contributed by atoms with Crippen molar-refractivity contribution in [2.75, 3.05) is 26.2 Å². The van der Waals surface area contributed by atoms with Gasteiger partial charge in [-0.2, -0.15) is 0 Å². The van der Waals surface area contributed by atoms with E-state index < -0.39 is 0 Å². The molecule has 0 saturated carbocycles. The molecule has 21 heavy (non-hydrogen) atoms. The van der Waals surface area contributed by atoms with Gasteiger partial charge in [-0.1, -0.05) is 46.8 Å². The Balaban J connectivity index is 2.75. The highest BCUT2D eigenvalue weighted by molar-refractivity contribution is 5.97. The first-order chi connectivity index (χ1) is 9.81. The summed E-state index contributed by atoms with van der Waals surface area (Å²) in [5, 5.41) is 13.2. The maximum Gasteiger partial charge on any atom is 0.255 e. The number of amides is 1. The second kappa shape index (κ2) is 7.46. The number of nitrogens with zero attached hydrogens (tertiary/aromatic N) is 1. The minimum atomic E-state index is -0.217. The van der Waals surface area contributed by atoms with Gasteiger partial charge in [-0.15, -0.1) is 0 Å². The normalized spacial score (nSPS) is 11.7. The first-order valence-corrected chi connectivity index (χ1v) is 7.64. The number of para-hydroxylation sites is 1. The Morgan fingerprint density at radius 1 is 1.24 bits per heavy atom. The zero-order valence-corrected chi connectivity index (χ0v) is 13.9. The van der Waals surface area contributed by atoms with Crippen LogP contribution in [0.3, 0.4) is 0 Å². The number of hydrogen-bond donors (Lipinski definition) is 2. The van der Waals surface area contributed by atoms with E-state index in [4.69, 9.17) is 0 Å². The van der Waals surface area contributed by atoms with Crippen LogP contribution in [-0.2, 0) is 5.41 Å². The van der Waals surface area contributed by atoms with Gasteiger partial charge < -0.3 is 15.3 Å². The molecule has 0 radical (unpaired) electrons. The maximum atomic E-state index is 12.2. The summed E-state index contributed by atoms with van der Waals surface area (Å²) in [6.45, 7) is 13.6. The SMILES string of the molecule is CCN(CC)CCNC(=O)c1cccc(C(C)(C)C)c1O. The molecule has 1 aromatic rings. The Hall–Kier alpha value is -1.55. The Labute approximate surface area is 128 Å². The molecule has 1 aromatic carbocycles. The van der Waals surface area contributed by atoms with Crippen LogP contribution in [0.1, 0.15) is 50.5 Å². The lowest BCUT2D eigenvalue weighted by atomic mass is 9.85. The molecule has 0 unspecified atom stereocenters. The van der Waals surface area contributed by atoms with Crippen molar-refractivity contribution in [1.29, 1.82) is 0 Å². The third-order valence-electron chi connectivity index (χ3n) is 3.70. The molecule has 0 aliphatic heterocycles. The Bertz CT molecular complexity index is 474. The fourth-order valence-corrected chi connectivity index (χ4v) is 2.29. The summed E-state index contributed by atoms with van der Waals surface area (Å²) in [7, 11) is 0. The van der Waals surface area contributed by atoms with Crippen LogP contribution in [0.4, 0.5) is 0 Å². The highest BCUT2D eigenvalue weighted by atomic mass is 16.3. The minimum absolute atomic E-state index is 0.0883. The summed E-state index contributed by atoms with van der Waals surface area (Å²) in [5.74, 6) is -0.129. The predicted octanol–water partition coefficient (Wildman–Crippen LogP) is 2.76. The molecular formula is C17H28N2O2. The second-order valence-electron chi connectivity index (χ2n) is 6.23. The van der Waals surface area contributed by atoms with Crippen molar-refractivity contribution in [3.63, 3.8) is 0 Å². The standard InChI is InChI=1S/C17H28N2O2/c1-6-19(7-2)12-11-18-16(21)13-9-8-10-14(15(13)20)17(3,4)5/h8-10,20H,6-7,11-12H2,1-5H3,(H,18,21).